The number of hydrogen-bond acceptors (Lipinski definition) is 4. The number of benzene rings is 3. The third-order valence-electron chi connectivity index (χ3n) is 6.69. The normalized spacial score (nSPS) is 12.8. The summed E-state index contributed by atoms with van der Waals surface area (Å²) in [7, 11) is -4.08. The molecule has 0 aliphatic carbocycles. The minimum atomic E-state index is -4.08. The van der Waals surface area contributed by atoms with Crippen LogP contribution < -0.4 is 9.62 Å². The summed E-state index contributed by atoms with van der Waals surface area (Å²) >= 11 is 0. The number of aryl methyl sites for hydroxylation is 2. The number of carbonyl (C=O) groups is 2. The van der Waals surface area contributed by atoms with Crippen molar-refractivity contribution >= 4 is 27.5 Å². The van der Waals surface area contributed by atoms with Gasteiger partial charge in [0.05, 0.1) is 10.6 Å². The second-order valence-corrected chi connectivity index (χ2v) is 11.8. The van der Waals surface area contributed by atoms with Crippen molar-refractivity contribution in [3.8, 4) is 0 Å². The predicted molar refractivity (Wildman–Crippen MR) is 156 cm³/mol. The molecule has 0 saturated heterocycles. The van der Waals surface area contributed by atoms with Gasteiger partial charge in [-0.3, -0.25) is 13.9 Å². The first kappa shape index (κ1) is 29.9. The molecule has 7 nitrogen and oxygen atoms in total. The minimum absolute atomic E-state index is 0.0505. The number of nitrogens with zero attached hydrogens (tertiary/aromatic N) is 2. The maximum absolute atomic E-state index is 14.1. The van der Waals surface area contributed by atoms with Crippen molar-refractivity contribution in [3.63, 3.8) is 0 Å². The van der Waals surface area contributed by atoms with Crippen molar-refractivity contribution in [2.24, 2.45) is 0 Å². The summed E-state index contributed by atoms with van der Waals surface area (Å²) in [6.07, 6.45) is 1.14. The lowest BCUT2D eigenvalue weighted by atomic mass is 10.1. The van der Waals surface area contributed by atoms with Crippen LogP contribution >= 0.6 is 0 Å². The fraction of sp³-hybridized carbons (Fsp3) is 0.355. The lowest BCUT2D eigenvalue weighted by molar-refractivity contribution is -0.140. The van der Waals surface area contributed by atoms with E-state index >= 15 is 0 Å². The van der Waals surface area contributed by atoms with Crippen molar-refractivity contribution in [1.29, 1.82) is 0 Å². The third kappa shape index (κ3) is 7.69. The summed E-state index contributed by atoms with van der Waals surface area (Å²) in [5.41, 5.74) is 3.02. The Labute approximate surface area is 232 Å². The summed E-state index contributed by atoms with van der Waals surface area (Å²) in [5, 5.41) is 2.99. The van der Waals surface area contributed by atoms with E-state index in [4.69, 9.17) is 0 Å². The molecule has 8 heteroatoms. The Morgan fingerprint density at radius 1 is 0.846 bits per heavy atom. The molecule has 208 valence electrons. The van der Waals surface area contributed by atoms with E-state index in [1.165, 1.54) is 17.0 Å². The highest BCUT2D eigenvalue weighted by Crippen LogP contribution is 2.27. The van der Waals surface area contributed by atoms with Crippen molar-refractivity contribution in [2.75, 3.05) is 10.8 Å². The van der Waals surface area contributed by atoms with Gasteiger partial charge < -0.3 is 10.2 Å². The number of amides is 2. The highest BCUT2D eigenvalue weighted by molar-refractivity contribution is 7.92. The zero-order valence-electron chi connectivity index (χ0n) is 23.4. The molecule has 3 aromatic carbocycles. The first-order chi connectivity index (χ1) is 18.6. The van der Waals surface area contributed by atoms with Gasteiger partial charge in [0.2, 0.25) is 11.8 Å². The molecule has 0 aromatic heterocycles. The van der Waals surface area contributed by atoms with E-state index in [1.54, 1.807) is 30.3 Å². The zero-order valence-corrected chi connectivity index (χ0v) is 24.2. The van der Waals surface area contributed by atoms with Gasteiger partial charge in [0.25, 0.3) is 10.0 Å². The molecule has 0 aliphatic rings. The summed E-state index contributed by atoms with van der Waals surface area (Å²) in [6.45, 7) is 9.27. The summed E-state index contributed by atoms with van der Waals surface area (Å²) in [5.74, 6) is -0.705. The van der Waals surface area contributed by atoms with Gasteiger partial charge in [0.1, 0.15) is 12.6 Å². The second kappa shape index (κ2) is 13.4. The SMILES string of the molecule is CCC(C)NC(=O)C(CC)N(Cc1ccccc1)C(=O)CN(c1cc(C)cc(C)c1)S(=O)(=O)c1ccccc1. The molecule has 0 heterocycles. The molecule has 2 atom stereocenters. The van der Waals surface area contributed by atoms with Gasteiger partial charge in [-0.1, -0.05) is 68.4 Å². The maximum Gasteiger partial charge on any atom is 0.264 e. The molecule has 0 radical (unpaired) electrons. The second-order valence-electron chi connectivity index (χ2n) is 9.92. The number of hydrogen-bond donors (Lipinski definition) is 1. The van der Waals surface area contributed by atoms with Crippen molar-refractivity contribution in [3.05, 3.63) is 95.6 Å². The molecule has 3 aromatic rings. The molecule has 1 N–H and O–H groups in total. The Morgan fingerprint density at radius 2 is 1.41 bits per heavy atom. The molecule has 0 bridgehead atoms. The van der Waals surface area contributed by atoms with Gasteiger partial charge in [-0.05, 0) is 74.6 Å². The fourth-order valence-electron chi connectivity index (χ4n) is 4.48. The van der Waals surface area contributed by atoms with Gasteiger partial charge in [0, 0.05) is 12.6 Å². The standard InChI is InChI=1S/C31H39N3O4S/c1-6-25(5)32-31(36)29(7-2)33(21-26-14-10-8-11-15-26)30(35)22-34(27-19-23(3)18-24(4)20-27)39(37,38)28-16-12-9-13-17-28/h8-20,25,29H,6-7,21-22H2,1-5H3,(H,32,36). The smallest absolute Gasteiger partial charge is 0.264 e. The Hall–Kier alpha value is -3.65. The predicted octanol–water partition coefficient (Wildman–Crippen LogP) is 5.22. The zero-order chi connectivity index (χ0) is 28.6. The molecule has 39 heavy (non-hydrogen) atoms. The summed E-state index contributed by atoms with van der Waals surface area (Å²) in [6, 6.07) is 22.2. The average molecular weight is 550 g/mol. The molecular weight excluding hydrogens is 510 g/mol. The van der Waals surface area contributed by atoms with E-state index in [1.807, 2.05) is 71.0 Å². The van der Waals surface area contributed by atoms with E-state index in [-0.39, 0.29) is 23.4 Å². The highest BCUT2D eigenvalue weighted by atomic mass is 32.2. The number of sulfonamides is 1. The van der Waals surface area contributed by atoms with E-state index < -0.39 is 28.5 Å². The lowest BCUT2D eigenvalue weighted by Gasteiger charge is -2.34. The van der Waals surface area contributed by atoms with Crippen LogP contribution in [0.3, 0.4) is 0 Å². The molecule has 0 spiro atoms. The van der Waals surface area contributed by atoms with Crippen molar-refractivity contribution in [1.82, 2.24) is 10.2 Å². The van der Waals surface area contributed by atoms with Gasteiger partial charge in [0.15, 0.2) is 0 Å². The van der Waals surface area contributed by atoms with Crippen LogP contribution in [-0.2, 0) is 26.2 Å². The minimum Gasteiger partial charge on any atom is -0.352 e. The van der Waals surface area contributed by atoms with Crippen molar-refractivity contribution < 1.29 is 18.0 Å². The van der Waals surface area contributed by atoms with Crippen LogP contribution in [-0.4, -0.2) is 43.8 Å². The number of anilines is 1. The lowest BCUT2D eigenvalue weighted by Crippen LogP contribution is -2.53. The van der Waals surface area contributed by atoms with Crippen LogP contribution in [0.15, 0.2) is 83.8 Å². The van der Waals surface area contributed by atoms with E-state index in [0.29, 0.717) is 12.1 Å². The summed E-state index contributed by atoms with van der Waals surface area (Å²) in [4.78, 5) is 29.0. The van der Waals surface area contributed by atoms with E-state index in [9.17, 15) is 18.0 Å². The molecule has 2 amide bonds. The maximum atomic E-state index is 14.1. The monoisotopic (exact) mass is 549 g/mol. The number of nitrogens with one attached hydrogen (secondary N) is 1. The van der Waals surface area contributed by atoms with Crippen LogP contribution in [0.5, 0.6) is 0 Å². The van der Waals surface area contributed by atoms with Crippen LogP contribution in [0.4, 0.5) is 5.69 Å². The van der Waals surface area contributed by atoms with Gasteiger partial charge >= 0.3 is 0 Å². The Balaban J connectivity index is 2.06. The van der Waals surface area contributed by atoms with Crippen LogP contribution in [0, 0.1) is 13.8 Å². The van der Waals surface area contributed by atoms with Gasteiger partial charge in [-0.15, -0.1) is 0 Å². The molecule has 0 aliphatic heterocycles. The number of carbonyl (C=O) groups excluding carboxylic acids is 2. The first-order valence-corrected chi connectivity index (χ1v) is 14.8. The molecule has 2 unspecified atom stereocenters. The molecule has 0 fully saturated rings. The molecular formula is C31H39N3O4S. The van der Waals surface area contributed by atoms with Crippen LogP contribution in [0.25, 0.3) is 0 Å². The highest BCUT2D eigenvalue weighted by Gasteiger charge is 2.34. The quantitative estimate of drug-likeness (QED) is 0.336. The Bertz CT molecular complexity index is 1340. The molecule has 3 rings (SSSR count). The third-order valence-corrected chi connectivity index (χ3v) is 8.48. The van der Waals surface area contributed by atoms with E-state index in [2.05, 4.69) is 5.32 Å². The Morgan fingerprint density at radius 3 is 1.95 bits per heavy atom. The Kier molecular flexibility index (Phi) is 10.3. The van der Waals surface area contributed by atoms with Crippen LogP contribution in [0.1, 0.15) is 50.3 Å². The average Bonchev–Trinajstić information content (AvgIpc) is 2.91. The largest absolute Gasteiger partial charge is 0.352 e. The molecule has 0 saturated carbocycles. The van der Waals surface area contributed by atoms with Crippen LogP contribution in [0.2, 0.25) is 0 Å². The first-order valence-electron chi connectivity index (χ1n) is 13.4. The summed E-state index contributed by atoms with van der Waals surface area (Å²) < 4.78 is 29.0. The van der Waals surface area contributed by atoms with Gasteiger partial charge in [-0.25, -0.2) is 8.42 Å². The number of rotatable bonds is 12. The topological polar surface area (TPSA) is 86.8 Å². The van der Waals surface area contributed by atoms with Gasteiger partial charge in [-0.2, -0.15) is 0 Å². The fourth-order valence-corrected chi connectivity index (χ4v) is 5.90. The van der Waals surface area contributed by atoms with Crippen molar-refractivity contribution in [2.45, 2.75) is 71.0 Å². The van der Waals surface area contributed by atoms with E-state index in [0.717, 1.165) is 27.4 Å².